The van der Waals surface area contributed by atoms with E-state index >= 15 is 0 Å². The molecule has 6 rings (SSSR count). The normalized spacial score (nSPS) is 18.2. The van der Waals surface area contributed by atoms with Gasteiger partial charge in [0.05, 0.1) is 12.6 Å². The van der Waals surface area contributed by atoms with Gasteiger partial charge in [0.1, 0.15) is 11.3 Å². The Morgan fingerprint density at radius 1 is 1.05 bits per heavy atom. The van der Waals surface area contributed by atoms with Gasteiger partial charge in [0.15, 0.2) is 0 Å². The van der Waals surface area contributed by atoms with Crippen LogP contribution in [0.15, 0.2) is 71.4 Å². The second-order valence-corrected chi connectivity index (χ2v) is 9.89. The minimum Gasteiger partial charge on any atom is -0.493 e. The van der Waals surface area contributed by atoms with E-state index in [1.54, 1.807) is 12.4 Å². The summed E-state index contributed by atoms with van der Waals surface area (Å²) in [6.07, 6.45) is 5.66. The van der Waals surface area contributed by atoms with E-state index in [2.05, 4.69) is 31.1 Å². The van der Waals surface area contributed by atoms with E-state index < -0.39 is 5.54 Å². The lowest BCUT2D eigenvalue weighted by molar-refractivity contribution is 0.0925. The van der Waals surface area contributed by atoms with Crippen molar-refractivity contribution in [2.45, 2.75) is 37.8 Å². The molecule has 194 valence electrons. The minimum absolute atomic E-state index is 0.0933. The molecule has 1 atom stereocenters. The van der Waals surface area contributed by atoms with Gasteiger partial charge in [0.25, 0.3) is 5.91 Å². The maximum Gasteiger partial charge on any atom is 0.251 e. The fourth-order valence-electron chi connectivity index (χ4n) is 5.18. The van der Waals surface area contributed by atoms with E-state index in [9.17, 15) is 4.79 Å². The topological polar surface area (TPSA) is 114 Å². The molecule has 0 radical (unpaired) electrons. The number of carbonyl (C=O) groups is 1. The van der Waals surface area contributed by atoms with Crippen molar-refractivity contribution in [3.8, 4) is 17.2 Å². The van der Waals surface area contributed by atoms with Crippen LogP contribution < -0.4 is 20.7 Å². The second-order valence-electron chi connectivity index (χ2n) is 9.89. The largest absolute Gasteiger partial charge is 0.493 e. The summed E-state index contributed by atoms with van der Waals surface area (Å²) in [4.78, 5) is 17.4. The van der Waals surface area contributed by atoms with Crippen LogP contribution in [0.25, 0.3) is 11.5 Å². The SMILES string of the molecule is Cc1ccc2c(c1)OCC[C@H]2NC(=O)c1cccc(NC2(c3nnc(-c4ccncc4)o3)CCNCC2)c1. The van der Waals surface area contributed by atoms with Crippen LogP contribution in [0.4, 0.5) is 5.69 Å². The Bertz CT molecular complexity index is 1430. The molecule has 0 unspecified atom stereocenters. The number of pyridine rings is 1. The molecular weight excluding hydrogens is 480 g/mol. The first kappa shape index (κ1) is 24.1. The average Bonchev–Trinajstić information content (AvgIpc) is 3.46. The zero-order valence-corrected chi connectivity index (χ0v) is 21.2. The fourth-order valence-corrected chi connectivity index (χ4v) is 5.18. The van der Waals surface area contributed by atoms with Crippen molar-refractivity contribution in [2.75, 3.05) is 25.0 Å². The summed E-state index contributed by atoms with van der Waals surface area (Å²) in [6.45, 7) is 4.23. The first-order chi connectivity index (χ1) is 18.6. The zero-order valence-electron chi connectivity index (χ0n) is 21.2. The Morgan fingerprint density at radius 3 is 2.74 bits per heavy atom. The van der Waals surface area contributed by atoms with Crippen LogP contribution in [0, 0.1) is 6.92 Å². The Labute approximate surface area is 221 Å². The van der Waals surface area contributed by atoms with Gasteiger partial charge >= 0.3 is 0 Å². The predicted molar refractivity (Wildman–Crippen MR) is 143 cm³/mol. The maximum atomic E-state index is 13.3. The van der Waals surface area contributed by atoms with Gasteiger partial charge in [-0.2, -0.15) is 0 Å². The molecule has 9 heteroatoms. The van der Waals surface area contributed by atoms with Crippen LogP contribution in [-0.4, -0.2) is 40.8 Å². The van der Waals surface area contributed by atoms with Crippen LogP contribution in [0.3, 0.4) is 0 Å². The van der Waals surface area contributed by atoms with Crippen LogP contribution in [-0.2, 0) is 5.54 Å². The van der Waals surface area contributed by atoms with Crippen molar-refractivity contribution in [1.82, 2.24) is 25.8 Å². The summed E-state index contributed by atoms with van der Waals surface area (Å²) in [7, 11) is 0. The van der Waals surface area contributed by atoms with Gasteiger partial charge in [0, 0.05) is 41.2 Å². The number of aromatic nitrogens is 3. The van der Waals surface area contributed by atoms with Crippen LogP contribution >= 0.6 is 0 Å². The molecule has 2 aliphatic heterocycles. The first-order valence-corrected chi connectivity index (χ1v) is 13.0. The fraction of sp³-hybridized carbons (Fsp3) is 0.310. The van der Waals surface area contributed by atoms with Crippen LogP contribution in [0.2, 0.25) is 0 Å². The number of hydrogen-bond acceptors (Lipinski definition) is 8. The summed E-state index contributed by atoms with van der Waals surface area (Å²) in [5.41, 5.74) is 3.84. The molecule has 3 N–H and O–H groups in total. The van der Waals surface area contributed by atoms with E-state index in [-0.39, 0.29) is 11.9 Å². The summed E-state index contributed by atoms with van der Waals surface area (Å²) >= 11 is 0. The summed E-state index contributed by atoms with van der Waals surface area (Å²) < 4.78 is 12.0. The lowest BCUT2D eigenvalue weighted by Gasteiger charge is -2.36. The number of nitrogens with one attached hydrogen (secondary N) is 3. The molecule has 4 aromatic rings. The molecule has 9 nitrogen and oxygen atoms in total. The Kier molecular flexibility index (Phi) is 6.51. The van der Waals surface area contributed by atoms with Crippen molar-refractivity contribution in [1.29, 1.82) is 0 Å². The highest BCUT2D eigenvalue weighted by molar-refractivity contribution is 5.95. The molecular formula is C29H30N6O3. The van der Waals surface area contributed by atoms with E-state index in [1.165, 1.54) is 0 Å². The number of nitrogens with zero attached hydrogens (tertiary/aromatic N) is 3. The summed E-state index contributed by atoms with van der Waals surface area (Å²) in [6, 6.07) is 17.3. The van der Waals surface area contributed by atoms with Crippen molar-refractivity contribution >= 4 is 11.6 Å². The van der Waals surface area contributed by atoms with Crippen molar-refractivity contribution < 1.29 is 13.9 Å². The lowest BCUT2D eigenvalue weighted by atomic mass is 9.87. The zero-order chi connectivity index (χ0) is 26.0. The van der Waals surface area contributed by atoms with Crippen molar-refractivity contribution in [3.05, 3.63) is 89.6 Å². The number of ether oxygens (including phenoxy) is 1. The summed E-state index contributed by atoms with van der Waals surface area (Å²) in [5, 5.41) is 19.0. The number of amides is 1. The van der Waals surface area contributed by atoms with Crippen LogP contribution in [0.1, 0.15) is 52.7 Å². The first-order valence-electron chi connectivity index (χ1n) is 13.0. The molecule has 1 saturated heterocycles. The molecule has 0 aliphatic carbocycles. The van der Waals surface area contributed by atoms with E-state index in [1.807, 2.05) is 61.5 Å². The highest BCUT2D eigenvalue weighted by Crippen LogP contribution is 2.36. The van der Waals surface area contributed by atoms with Gasteiger partial charge in [-0.1, -0.05) is 18.2 Å². The second kappa shape index (κ2) is 10.3. The number of rotatable bonds is 6. The molecule has 1 fully saturated rings. The highest BCUT2D eigenvalue weighted by atomic mass is 16.5. The molecule has 1 amide bonds. The minimum atomic E-state index is -0.545. The molecule has 2 aliphatic rings. The molecule has 2 aromatic carbocycles. The van der Waals surface area contributed by atoms with Crippen molar-refractivity contribution in [2.24, 2.45) is 0 Å². The van der Waals surface area contributed by atoms with E-state index in [0.29, 0.717) is 24.0 Å². The lowest BCUT2D eigenvalue weighted by Crippen LogP contribution is -2.45. The number of carbonyl (C=O) groups excluding carboxylic acids is 1. The maximum absolute atomic E-state index is 13.3. The highest BCUT2D eigenvalue weighted by Gasteiger charge is 2.39. The third-order valence-corrected chi connectivity index (χ3v) is 7.24. The quantitative estimate of drug-likeness (QED) is 0.350. The van der Waals surface area contributed by atoms with E-state index in [0.717, 1.165) is 60.5 Å². The number of benzene rings is 2. The number of anilines is 1. The third-order valence-electron chi connectivity index (χ3n) is 7.24. The van der Waals surface area contributed by atoms with Gasteiger partial charge in [0.2, 0.25) is 11.8 Å². The Balaban J connectivity index is 1.23. The predicted octanol–water partition coefficient (Wildman–Crippen LogP) is 4.38. The van der Waals surface area contributed by atoms with E-state index in [4.69, 9.17) is 9.15 Å². The molecule has 4 heterocycles. The smallest absolute Gasteiger partial charge is 0.251 e. The summed E-state index contributed by atoms with van der Waals surface area (Å²) in [5.74, 6) is 1.72. The molecule has 0 bridgehead atoms. The van der Waals surface area contributed by atoms with Crippen molar-refractivity contribution in [3.63, 3.8) is 0 Å². The number of aryl methyl sites for hydroxylation is 1. The number of piperidine rings is 1. The molecule has 38 heavy (non-hydrogen) atoms. The molecule has 0 saturated carbocycles. The van der Waals surface area contributed by atoms with Gasteiger partial charge in [-0.05, 0) is 74.8 Å². The Hall–Kier alpha value is -4.24. The molecule has 0 spiro atoms. The average molecular weight is 511 g/mol. The molecule has 2 aromatic heterocycles. The van der Waals surface area contributed by atoms with Crippen LogP contribution in [0.5, 0.6) is 5.75 Å². The van der Waals surface area contributed by atoms with Gasteiger partial charge in [-0.3, -0.25) is 9.78 Å². The number of hydrogen-bond donors (Lipinski definition) is 3. The number of fused-ring (bicyclic) bond motifs is 1. The standard InChI is InChI=1S/C29H30N6O3/c1-19-5-6-23-24(9-16-37-25(23)17-19)32-26(36)21-3-2-4-22(18-21)33-29(10-14-31-15-11-29)28-35-34-27(38-28)20-7-12-30-13-8-20/h2-8,12-13,17-18,24,31,33H,9-11,14-16H2,1H3,(H,32,36)/t24-/m1/s1. The monoisotopic (exact) mass is 510 g/mol. The van der Waals surface area contributed by atoms with Gasteiger partial charge in [-0.25, -0.2) is 0 Å². The van der Waals surface area contributed by atoms with Gasteiger partial charge in [-0.15, -0.1) is 10.2 Å². The third kappa shape index (κ3) is 4.84. The Morgan fingerprint density at radius 2 is 1.89 bits per heavy atom. The van der Waals surface area contributed by atoms with Gasteiger partial charge < -0.3 is 25.1 Å².